The summed E-state index contributed by atoms with van der Waals surface area (Å²) < 4.78 is 5.20. The predicted molar refractivity (Wildman–Crippen MR) is 123 cm³/mol. The minimum Gasteiger partial charge on any atom is -0.383 e. The van der Waals surface area contributed by atoms with Gasteiger partial charge in [0.1, 0.15) is 5.41 Å². The maximum absolute atomic E-state index is 13.8. The molecule has 0 unspecified atom stereocenters. The van der Waals surface area contributed by atoms with Crippen LogP contribution in [0.25, 0.3) is 0 Å². The lowest BCUT2D eigenvalue weighted by molar-refractivity contribution is -0.139. The smallest absolute Gasteiger partial charge is 0.237 e. The zero-order valence-corrected chi connectivity index (χ0v) is 18.6. The maximum atomic E-state index is 13.8. The summed E-state index contributed by atoms with van der Waals surface area (Å²) in [6.45, 7) is 4.06. The number of piperidine rings is 1. The number of hydrogen-bond donors (Lipinski definition) is 1. The van der Waals surface area contributed by atoms with Gasteiger partial charge in [-0.2, -0.15) is 0 Å². The average Bonchev–Trinajstić information content (AvgIpc) is 3.37. The molecule has 1 N–H and O–H groups in total. The summed E-state index contributed by atoms with van der Waals surface area (Å²) in [6.07, 6.45) is 2.36. The first-order valence-corrected chi connectivity index (χ1v) is 11.6. The van der Waals surface area contributed by atoms with Crippen LogP contribution in [0.15, 0.2) is 54.6 Å². The Kier molecular flexibility index (Phi) is 5.74. The Bertz CT molecular complexity index is 987. The zero-order valence-electron chi connectivity index (χ0n) is 18.6. The molecule has 3 aliphatic rings. The number of carbonyl (C=O) groups is 2. The second-order valence-electron chi connectivity index (χ2n) is 9.17. The number of benzene rings is 2. The van der Waals surface area contributed by atoms with Crippen molar-refractivity contribution in [1.82, 2.24) is 9.80 Å². The number of ether oxygens (including phenoxy) is 1. The Morgan fingerprint density at radius 2 is 1.78 bits per heavy atom. The summed E-state index contributed by atoms with van der Waals surface area (Å²) in [4.78, 5) is 31.6. The van der Waals surface area contributed by atoms with Crippen molar-refractivity contribution in [2.45, 2.75) is 30.7 Å². The number of amides is 2. The van der Waals surface area contributed by atoms with Gasteiger partial charge in [0.05, 0.1) is 12.6 Å². The molecular formula is C26H31N3O3. The first kappa shape index (κ1) is 21.2. The summed E-state index contributed by atoms with van der Waals surface area (Å²) in [7, 11) is 1.72. The highest BCUT2D eigenvalue weighted by Gasteiger charge is 2.59. The standard InChI is InChI=1S/C26H31N3O3/c1-32-18-17-28-14-11-20(12-15-28)24(30)29-16-13-26(23(29)19-7-3-2-4-8-19)21-9-5-6-10-22(21)27-25(26)31/h2-10,20,23H,11-18H2,1H3,(H,27,31)/t23-,26+/m0/s1. The Balaban J connectivity index is 1.45. The van der Waals surface area contributed by atoms with Gasteiger partial charge in [-0.3, -0.25) is 9.59 Å². The van der Waals surface area contributed by atoms with Gasteiger partial charge in [0.2, 0.25) is 11.8 Å². The molecule has 0 radical (unpaired) electrons. The molecular weight excluding hydrogens is 402 g/mol. The number of hydrogen-bond acceptors (Lipinski definition) is 4. The summed E-state index contributed by atoms with van der Waals surface area (Å²) in [5.41, 5.74) is 2.19. The van der Waals surface area contributed by atoms with Crippen molar-refractivity contribution in [2.75, 3.05) is 45.2 Å². The van der Waals surface area contributed by atoms with E-state index in [4.69, 9.17) is 4.74 Å². The van der Waals surface area contributed by atoms with Gasteiger partial charge in [-0.15, -0.1) is 0 Å². The zero-order chi connectivity index (χ0) is 22.1. The van der Waals surface area contributed by atoms with Crippen molar-refractivity contribution in [3.63, 3.8) is 0 Å². The van der Waals surface area contributed by atoms with Gasteiger partial charge in [0, 0.05) is 31.8 Å². The van der Waals surface area contributed by atoms with E-state index in [1.54, 1.807) is 7.11 Å². The van der Waals surface area contributed by atoms with Crippen molar-refractivity contribution < 1.29 is 14.3 Å². The molecule has 2 saturated heterocycles. The third kappa shape index (κ3) is 3.42. The van der Waals surface area contributed by atoms with E-state index in [1.165, 1.54) is 0 Å². The number of para-hydroxylation sites is 1. The fourth-order valence-corrected chi connectivity index (χ4v) is 5.88. The lowest BCUT2D eigenvalue weighted by atomic mass is 9.72. The van der Waals surface area contributed by atoms with Crippen molar-refractivity contribution in [2.24, 2.45) is 5.92 Å². The Morgan fingerprint density at radius 1 is 1.06 bits per heavy atom. The van der Waals surface area contributed by atoms with E-state index in [2.05, 4.69) is 22.3 Å². The summed E-state index contributed by atoms with van der Waals surface area (Å²) in [6, 6.07) is 17.7. The van der Waals surface area contributed by atoms with E-state index in [1.807, 2.05) is 47.4 Å². The fraction of sp³-hybridized carbons (Fsp3) is 0.462. The van der Waals surface area contributed by atoms with Crippen LogP contribution in [0.5, 0.6) is 0 Å². The van der Waals surface area contributed by atoms with Crippen LogP contribution in [-0.4, -0.2) is 61.5 Å². The highest BCUT2D eigenvalue weighted by atomic mass is 16.5. The van der Waals surface area contributed by atoms with Crippen LogP contribution < -0.4 is 5.32 Å². The van der Waals surface area contributed by atoms with E-state index in [0.29, 0.717) is 13.0 Å². The van der Waals surface area contributed by atoms with Gasteiger partial charge in [-0.1, -0.05) is 48.5 Å². The second kappa shape index (κ2) is 8.68. The normalized spacial score (nSPS) is 25.8. The van der Waals surface area contributed by atoms with Crippen LogP contribution in [-0.2, 0) is 19.7 Å². The Labute approximate surface area is 189 Å². The van der Waals surface area contributed by atoms with Gasteiger partial charge in [-0.05, 0) is 49.5 Å². The second-order valence-corrected chi connectivity index (χ2v) is 9.17. The maximum Gasteiger partial charge on any atom is 0.237 e. The van der Waals surface area contributed by atoms with Gasteiger partial charge in [-0.25, -0.2) is 0 Å². The minimum absolute atomic E-state index is 0.00913. The first-order valence-electron chi connectivity index (χ1n) is 11.6. The van der Waals surface area contributed by atoms with Crippen LogP contribution in [0.3, 0.4) is 0 Å². The van der Waals surface area contributed by atoms with Crippen molar-refractivity contribution in [3.05, 3.63) is 65.7 Å². The molecule has 3 aliphatic heterocycles. The highest BCUT2D eigenvalue weighted by Crippen LogP contribution is 2.55. The number of anilines is 1. The van der Waals surface area contributed by atoms with Crippen LogP contribution in [0.2, 0.25) is 0 Å². The molecule has 2 aromatic carbocycles. The summed E-state index contributed by atoms with van der Waals surface area (Å²) in [5, 5.41) is 3.10. The van der Waals surface area contributed by atoms with E-state index in [0.717, 1.165) is 55.9 Å². The largest absolute Gasteiger partial charge is 0.383 e. The molecule has 2 aromatic rings. The van der Waals surface area contributed by atoms with E-state index < -0.39 is 5.41 Å². The number of nitrogens with one attached hydrogen (secondary N) is 1. The molecule has 2 fully saturated rings. The molecule has 0 bridgehead atoms. The van der Waals surface area contributed by atoms with Gasteiger partial charge in [0.15, 0.2) is 0 Å². The Hall–Kier alpha value is -2.70. The molecule has 1 spiro atoms. The molecule has 0 saturated carbocycles. The van der Waals surface area contributed by atoms with Gasteiger partial charge >= 0.3 is 0 Å². The molecule has 32 heavy (non-hydrogen) atoms. The number of nitrogens with zero attached hydrogens (tertiary/aromatic N) is 2. The van der Waals surface area contributed by atoms with Gasteiger partial charge in [0.25, 0.3) is 0 Å². The van der Waals surface area contributed by atoms with Crippen LogP contribution >= 0.6 is 0 Å². The molecule has 168 valence electrons. The lowest BCUT2D eigenvalue weighted by Crippen LogP contribution is -2.46. The van der Waals surface area contributed by atoms with Crippen LogP contribution in [0, 0.1) is 5.92 Å². The molecule has 0 aliphatic carbocycles. The molecule has 3 heterocycles. The topological polar surface area (TPSA) is 61.9 Å². The highest BCUT2D eigenvalue weighted by molar-refractivity contribution is 6.07. The Morgan fingerprint density at radius 3 is 2.53 bits per heavy atom. The lowest BCUT2D eigenvalue weighted by Gasteiger charge is -2.38. The molecule has 6 nitrogen and oxygen atoms in total. The van der Waals surface area contributed by atoms with Crippen LogP contribution in [0.4, 0.5) is 5.69 Å². The van der Waals surface area contributed by atoms with E-state index in [9.17, 15) is 9.59 Å². The fourth-order valence-electron chi connectivity index (χ4n) is 5.88. The van der Waals surface area contributed by atoms with Crippen LogP contribution in [0.1, 0.15) is 36.4 Å². The molecule has 5 rings (SSSR count). The quantitative estimate of drug-likeness (QED) is 0.787. The van der Waals surface area contributed by atoms with Gasteiger partial charge < -0.3 is 19.9 Å². The summed E-state index contributed by atoms with van der Waals surface area (Å²) >= 11 is 0. The average molecular weight is 434 g/mol. The number of likely N-dealkylation sites (tertiary alicyclic amines) is 2. The van der Waals surface area contributed by atoms with Crippen molar-refractivity contribution in [3.8, 4) is 0 Å². The number of carbonyl (C=O) groups excluding carboxylic acids is 2. The van der Waals surface area contributed by atoms with Crippen molar-refractivity contribution in [1.29, 1.82) is 0 Å². The third-order valence-corrected chi connectivity index (χ3v) is 7.53. The van der Waals surface area contributed by atoms with E-state index >= 15 is 0 Å². The van der Waals surface area contributed by atoms with E-state index in [-0.39, 0.29) is 23.8 Å². The number of fused-ring (bicyclic) bond motifs is 2. The van der Waals surface area contributed by atoms with Crippen molar-refractivity contribution >= 4 is 17.5 Å². The molecule has 2 amide bonds. The summed E-state index contributed by atoms with van der Waals surface area (Å²) in [5.74, 6) is 0.214. The third-order valence-electron chi connectivity index (χ3n) is 7.53. The number of methoxy groups -OCH3 is 1. The monoisotopic (exact) mass is 433 g/mol. The minimum atomic E-state index is -0.729. The first-order chi connectivity index (χ1) is 15.6. The predicted octanol–water partition coefficient (Wildman–Crippen LogP) is 3.21. The SMILES string of the molecule is COCCN1CCC(C(=O)N2CC[C@]3(C(=O)Nc4ccccc43)[C@@H]2c2ccccc2)CC1. The molecule has 2 atom stereocenters. The number of rotatable bonds is 5. The molecule has 0 aromatic heterocycles. The molecule has 6 heteroatoms.